The Bertz CT molecular complexity index is 1460. The van der Waals surface area contributed by atoms with Crippen LogP contribution in [0, 0.1) is 11.8 Å². The summed E-state index contributed by atoms with van der Waals surface area (Å²) in [6, 6.07) is -3.05. The van der Waals surface area contributed by atoms with Gasteiger partial charge in [0.15, 0.2) is 0 Å². The molecule has 0 aromatic heterocycles. The molecule has 0 fully saturated rings. The van der Waals surface area contributed by atoms with Crippen molar-refractivity contribution in [2.24, 2.45) is 17.6 Å². The van der Waals surface area contributed by atoms with Crippen LogP contribution in [-0.4, -0.2) is 230 Å². The number of carbonyl (C=O) groups excluding carboxylic acids is 6. The summed E-state index contributed by atoms with van der Waals surface area (Å²) in [6.07, 6.45) is 0.361. The maximum absolute atomic E-state index is 13.1. The lowest BCUT2D eigenvalue weighted by atomic mass is 10.0. The van der Waals surface area contributed by atoms with E-state index >= 15 is 0 Å². The summed E-state index contributed by atoms with van der Waals surface area (Å²) < 4.78 is 54.9. The number of aliphatic hydroxyl groups is 1. The highest BCUT2D eigenvalue weighted by Gasteiger charge is 2.26. The number of nitrogens with one attached hydrogen (secondary N) is 5. The van der Waals surface area contributed by atoms with Gasteiger partial charge in [0.2, 0.25) is 35.4 Å². The van der Waals surface area contributed by atoms with Crippen LogP contribution in [0.1, 0.15) is 47.0 Å². The Hall–Kier alpha value is -3.08. The molecule has 4 atom stereocenters. The third-order valence-corrected chi connectivity index (χ3v) is 10.6. The molecule has 0 saturated heterocycles. The normalized spacial score (nSPS) is 13.3. The number of amides is 6. The van der Waals surface area contributed by atoms with Crippen molar-refractivity contribution < 1.29 is 86.1 Å². The van der Waals surface area contributed by atoms with E-state index in [-0.39, 0.29) is 69.2 Å². The Morgan fingerprint density at radius 3 is 1.52 bits per heavy atom. The number of nitrogens with zero attached hydrogens (tertiary/aromatic N) is 1. The maximum Gasteiger partial charge on any atom is 0.325 e. The van der Waals surface area contributed by atoms with E-state index in [0.29, 0.717) is 105 Å². The quantitative estimate of drug-likeness (QED) is 0.0167. The van der Waals surface area contributed by atoms with Gasteiger partial charge in [0.05, 0.1) is 144 Å². The lowest BCUT2D eigenvalue weighted by Crippen LogP contribution is -2.54. The van der Waals surface area contributed by atoms with Crippen LogP contribution in [0.25, 0.3) is 0 Å². The predicted octanol–water partition coefficient (Wildman–Crippen LogP) is -2.82. The lowest BCUT2D eigenvalue weighted by Gasteiger charge is -2.25. The van der Waals surface area contributed by atoms with Crippen molar-refractivity contribution in [3.63, 3.8) is 0 Å². The maximum atomic E-state index is 13.1. The van der Waals surface area contributed by atoms with Crippen LogP contribution in [0.3, 0.4) is 0 Å². The largest absolute Gasteiger partial charge is 0.394 e. The molecule has 69 heavy (non-hydrogen) atoms. The zero-order valence-corrected chi connectivity index (χ0v) is 42.7. The minimum Gasteiger partial charge on any atom is -0.394 e. The number of aliphatic hydroxyl groups excluding tert-OH is 1. The first-order chi connectivity index (χ1) is 32.9. The van der Waals surface area contributed by atoms with Gasteiger partial charge >= 0.3 is 7.60 Å². The Morgan fingerprint density at radius 1 is 0.638 bits per heavy atom. The second-order valence-electron chi connectivity index (χ2n) is 16.0. The summed E-state index contributed by atoms with van der Waals surface area (Å²) in [5.74, 6) is -3.73. The van der Waals surface area contributed by atoms with Crippen molar-refractivity contribution in [3.8, 4) is 0 Å². The summed E-state index contributed by atoms with van der Waals surface area (Å²) in [7, 11) is -4.29. The first kappa shape index (κ1) is 65.9. The average molecular weight is 1040 g/mol. The van der Waals surface area contributed by atoms with Crippen LogP contribution >= 0.6 is 20.2 Å². The van der Waals surface area contributed by atoms with E-state index in [1.807, 2.05) is 20.8 Å². The van der Waals surface area contributed by atoms with Crippen molar-refractivity contribution in [1.29, 1.82) is 0 Å². The molecule has 0 rings (SSSR count). The van der Waals surface area contributed by atoms with Gasteiger partial charge in [-0.2, -0.15) is 12.6 Å². The van der Waals surface area contributed by atoms with Crippen LogP contribution in [0.5, 0.6) is 0 Å². The SMILES string of the molecule is CCCN(CC(=O)N[C@@H](CC(C)C)C(=O)NCC(=O)N[C@@H](CO)C(=O)NC[C@@H](C)CP(=O)(O)O)C(=O)CCOCCOCCOCCOCCOCCOCCOCCOCCNC(=O)[C@@H](N)CS. The molecule has 0 bridgehead atoms. The molecule has 0 aliphatic heterocycles. The van der Waals surface area contributed by atoms with Gasteiger partial charge in [0.25, 0.3) is 0 Å². The van der Waals surface area contributed by atoms with Gasteiger partial charge in [0.1, 0.15) is 12.1 Å². The zero-order valence-electron chi connectivity index (χ0n) is 40.9. The molecule has 0 aromatic carbocycles. The molecule has 0 saturated carbocycles. The van der Waals surface area contributed by atoms with Crippen molar-refractivity contribution in [1.82, 2.24) is 31.5 Å². The number of thiol groups is 1. The Balaban J connectivity index is 4.12. The van der Waals surface area contributed by atoms with Crippen molar-refractivity contribution in [2.45, 2.75) is 65.1 Å². The van der Waals surface area contributed by atoms with Gasteiger partial charge in [-0.05, 0) is 24.7 Å². The van der Waals surface area contributed by atoms with Crippen LogP contribution in [0.15, 0.2) is 0 Å². The molecule has 0 unspecified atom stereocenters. The molecule has 0 spiro atoms. The van der Waals surface area contributed by atoms with E-state index in [1.165, 1.54) is 11.8 Å². The molecule has 0 heterocycles. The Kier molecular flexibility index (Phi) is 40.7. The molecule has 10 N–H and O–H groups in total. The van der Waals surface area contributed by atoms with Gasteiger partial charge in [-0.1, -0.05) is 27.7 Å². The fourth-order valence-electron chi connectivity index (χ4n) is 5.70. The third-order valence-electron chi connectivity index (χ3n) is 9.11. The number of ether oxygens (including phenoxy) is 8. The van der Waals surface area contributed by atoms with E-state index in [1.54, 1.807) is 0 Å². The van der Waals surface area contributed by atoms with Gasteiger partial charge in [0, 0.05) is 25.4 Å². The minimum absolute atomic E-state index is 0.0207. The number of hydrogen-bond donors (Lipinski definition) is 10. The predicted molar refractivity (Wildman–Crippen MR) is 255 cm³/mol. The summed E-state index contributed by atoms with van der Waals surface area (Å²) >= 11 is 3.98. The second kappa shape index (κ2) is 42.6. The molecule has 0 radical (unpaired) electrons. The zero-order chi connectivity index (χ0) is 51.7. The van der Waals surface area contributed by atoms with Crippen LogP contribution < -0.4 is 32.3 Å². The van der Waals surface area contributed by atoms with Crippen LogP contribution in [0.4, 0.5) is 0 Å². The first-order valence-corrected chi connectivity index (χ1v) is 25.7. The standard InChI is InChI=1S/C42H82N7O18PS/c1-5-8-49(28-38(52)47-35(25-32(2)3)41(55)46-27-37(51)48-36(29-50)42(56)45-26-33(4)30-68(57,58)59)39(53)6-9-60-11-13-62-15-17-64-19-21-66-23-24-67-22-20-65-18-16-63-14-12-61-10-7-44-40(54)34(43)31-69/h32-36,50,69H,5-31,43H2,1-4H3,(H,44,54)(H,45,56)(H,46,55)(H,47,52)(H,48,51)(H2,57,58,59)/t33-,34+,35+,36+/m1/s1. The lowest BCUT2D eigenvalue weighted by molar-refractivity contribution is -0.138. The summed E-state index contributed by atoms with van der Waals surface area (Å²) in [5, 5.41) is 22.0. The Morgan fingerprint density at radius 2 is 1.09 bits per heavy atom. The van der Waals surface area contributed by atoms with Crippen molar-refractivity contribution >= 4 is 55.7 Å². The highest BCUT2D eigenvalue weighted by molar-refractivity contribution is 7.80. The number of rotatable bonds is 46. The van der Waals surface area contributed by atoms with Crippen molar-refractivity contribution in [2.75, 3.05) is 157 Å². The Labute approximate surface area is 411 Å². The van der Waals surface area contributed by atoms with Gasteiger partial charge in [-0.15, -0.1) is 0 Å². The fraction of sp³-hybridized carbons (Fsp3) is 0.857. The van der Waals surface area contributed by atoms with Crippen molar-refractivity contribution in [3.05, 3.63) is 0 Å². The number of nitrogens with two attached hydrogens (primary N) is 1. The van der Waals surface area contributed by atoms with Gasteiger partial charge < -0.3 is 90.0 Å². The topological polar surface area (TPSA) is 343 Å². The molecular weight excluding hydrogens is 954 g/mol. The molecule has 404 valence electrons. The molecule has 0 aliphatic carbocycles. The molecule has 6 amide bonds. The first-order valence-electron chi connectivity index (χ1n) is 23.3. The van der Waals surface area contributed by atoms with E-state index in [0.717, 1.165) is 0 Å². The summed E-state index contributed by atoms with van der Waals surface area (Å²) in [4.78, 5) is 95.1. The molecule has 27 heteroatoms. The smallest absolute Gasteiger partial charge is 0.325 e. The van der Waals surface area contributed by atoms with Gasteiger partial charge in [-0.25, -0.2) is 0 Å². The summed E-state index contributed by atoms with van der Waals surface area (Å²) in [6.45, 7) is 11.8. The molecule has 25 nitrogen and oxygen atoms in total. The highest BCUT2D eigenvalue weighted by Crippen LogP contribution is 2.36. The van der Waals surface area contributed by atoms with Crippen LogP contribution in [-0.2, 0) is 71.2 Å². The highest BCUT2D eigenvalue weighted by atomic mass is 32.1. The van der Waals surface area contributed by atoms with E-state index in [2.05, 4.69) is 39.2 Å². The minimum atomic E-state index is -4.29. The fourth-order valence-corrected chi connectivity index (χ4v) is 6.80. The number of hydrogen-bond acceptors (Lipinski definition) is 18. The van der Waals surface area contributed by atoms with E-state index < -0.39 is 74.6 Å². The molecular formula is C42H82N7O18PS. The van der Waals surface area contributed by atoms with E-state index in [4.69, 9.17) is 53.4 Å². The van der Waals surface area contributed by atoms with Crippen LogP contribution in [0.2, 0.25) is 0 Å². The van der Waals surface area contributed by atoms with Gasteiger partial charge in [-0.3, -0.25) is 33.3 Å². The second-order valence-corrected chi connectivity index (χ2v) is 18.1. The van der Waals surface area contributed by atoms with E-state index in [9.17, 15) is 38.4 Å². The average Bonchev–Trinajstić information content (AvgIpc) is 3.29. The molecule has 0 aromatic rings. The monoisotopic (exact) mass is 1040 g/mol. The number of carbonyl (C=O) groups is 6. The molecule has 0 aliphatic rings. The summed E-state index contributed by atoms with van der Waals surface area (Å²) in [5.41, 5.74) is 5.56. The third kappa shape index (κ3) is 39.3.